The number of hydrogen-bond acceptors (Lipinski definition) is 5. The number of benzene rings is 1. The fraction of sp³-hybridized carbons (Fsp3) is 0.143. The first-order valence-corrected chi connectivity index (χ1v) is 6.69. The van der Waals surface area contributed by atoms with Gasteiger partial charge in [-0.25, -0.2) is 9.78 Å². The quantitative estimate of drug-likeness (QED) is 0.858. The van der Waals surface area contributed by atoms with E-state index in [-0.39, 0.29) is 18.1 Å². The Hall–Kier alpha value is -2.12. The highest BCUT2D eigenvalue weighted by Gasteiger charge is 2.16. The van der Waals surface area contributed by atoms with Gasteiger partial charge >= 0.3 is 5.97 Å². The Balaban J connectivity index is 2.40. The number of rotatable bonds is 5. The number of pyridine rings is 1. The van der Waals surface area contributed by atoms with Gasteiger partial charge in [0.05, 0.1) is 13.7 Å². The van der Waals surface area contributed by atoms with Crippen LogP contribution in [0.4, 0.5) is 0 Å². The first-order chi connectivity index (χ1) is 10.0. The second kappa shape index (κ2) is 6.55. The average Bonchev–Trinajstić information content (AvgIpc) is 2.49. The number of aromatic nitrogens is 1. The molecule has 0 saturated carbocycles. The van der Waals surface area contributed by atoms with Gasteiger partial charge < -0.3 is 19.7 Å². The van der Waals surface area contributed by atoms with Gasteiger partial charge in [-0.2, -0.15) is 0 Å². The van der Waals surface area contributed by atoms with Crippen LogP contribution in [-0.4, -0.2) is 28.3 Å². The molecule has 0 spiro atoms. The van der Waals surface area contributed by atoms with Crippen LogP contribution < -0.4 is 9.47 Å². The summed E-state index contributed by atoms with van der Waals surface area (Å²) in [6.07, 6.45) is 1.44. The van der Waals surface area contributed by atoms with E-state index in [0.717, 1.165) is 0 Å². The van der Waals surface area contributed by atoms with Gasteiger partial charge in [-0.1, -0.05) is 6.07 Å². The number of carboxylic acid groups (broad SMARTS) is 1. The maximum atomic E-state index is 11.2. The number of nitrogens with zero attached hydrogens (tertiary/aromatic N) is 1. The molecule has 0 saturated heterocycles. The Morgan fingerprint density at radius 3 is 2.71 bits per heavy atom. The van der Waals surface area contributed by atoms with Gasteiger partial charge in [-0.05, 0) is 39.7 Å². The maximum Gasteiger partial charge on any atom is 0.341 e. The van der Waals surface area contributed by atoms with E-state index in [1.165, 1.54) is 19.4 Å². The van der Waals surface area contributed by atoms with Crippen LogP contribution in [0.25, 0.3) is 0 Å². The fourth-order valence-electron chi connectivity index (χ4n) is 1.66. The largest absolute Gasteiger partial charge is 0.493 e. The van der Waals surface area contributed by atoms with Crippen molar-refractivity contribution in [1.82, 2.24) is 4.98 Å². The number of carbonyl (C=O) groups is 1. The highest BCUT2D eigenvalue weighted by Crippen LogP contribution is 2.33. The Morgan fingerprint density at radius 2 is 2.10 bits per heavy atom. The molecule has 2 N–H and O–H groups in total. The smallest absolute Gasteiger partial charge is 0.341 e. The van der Waals surface area contributed by atoms with Crippen molar-refractivity contribution in [3.05, 3.63) is 46.1 Å². The topological polar surface area (TPSA) is 88.9 Å². The minimum absolute atomic E-state index is 0.0410. The van der Waals surface area contributed by atoms with E-state index in [9.17, 15) is 9.90 Å². The van der Waals surface area contributed by atoms with Crippen LogP contribution in [0.1, 0.15) is 15.9 Å². The molecule has 0 amide bonds. The number of aromatic carboxylic acids is 1. The Morgan fingerprint density at radius 1 is 1.33 bits per heavy atom. The van der Waals surface area contributed by atoms with E-state index in [4.69, 9.17) is 14.6 Å². The van der Waals surface area contributed by atoms with Crippen LogP contribution in [0.15, 0.2) is 34.9 Å². The molecule has 0 fully saturated rings. The summed E-state index contributed by atoms with van der Waals surface area (Å²) in [5, 5.41) is 18.3. The first-order valence-electron chi connectivity index (χ1n) is 5.89. The highest BCUT2D eigenvalue weighted by atomic mass is 79.9. The molecule has 2 rings (SSSR count). The monoisotopic (exact) mass is 353 g/mol. The zero-order chi connectivity index (χ0) is 15.4. The summed E-state index contributed by atoms with van der Waals surface area (Å²) < 4.78 is 11.2. The summed E-state index contributed by atoms with van der Waals surface area (Å²) in [5.74, 6) is -0.500. The fourth-order valence-corrected chi connectivity index (χ4v) is 1.99. The zero-order valence-electron chi connectivity index (χ0n) is 11.0. The zero-order valence-corrected chi connectivity index (χ0v) is 12.6. The summed E-state index contributed by atoms with van der Waals surface area (Å²) >= 11 is 3.16. The molecule has 0 radical (unpaired) electrons. The molecule has 0 unspecified atom stereocenters. The number of aliphatic hydroxyl groups excluding tert-OH is 1. The standard InChI is InChI=1S/C14H12BrNO5/c1-20-12-4-8(7-17)2-3-11(12)21-13-10(14(18)19)5-9(15)6-16-13/h2-6,17H,7H2,1H3,(H,18,19). The number of ether oxygens (including phenoxy) is 2. The molecule has 0 aliphatic rings. The predicted octanol–water partition coefficient (Wildman–Crippen LogP) is 2.84. The summed E-state index contributed by atoms with van der Waals surface area (Å²) in [7, 11) is 1.45. The van der Waals surface area contributed by atoms with Crippen LogP contribution in [0.5, 0.6) is 17.4 Å². The van der Waals surface area contributed by atoms with Crippen LogP contribution in [0, 0.1) is 0 Å². The van der Waals surface area contributed by atoms with Gasteiger partial charge in [0.15, 0.2) is 11.5 Å². The molecule has 0 bridgehead atoms. The molecular weight excluding hydrogens is 342 g/mol. The Labute approximate surface area is 129 Å². The number of methoxy groups -OCH3 is 1. The number of aliphatic hydroxyl groups is 1. The average molecular weight is 354 g/mol. The lowest BCUT2D eigenvalue weighted by Gasteiger charge is -2.12. The maximum absolute atomic E-state index is 11.2. The van der Waals surface area contributed by atoms with Gasteiger partial charge in [0, 0.05) is 10.7 Å². The molecule has 0 aliphatic heterocycles. The van der Waals surface area contributed by atoms with Gasteiger partial charge in [-0.3, -0.25) is 0 Å². The van der Waals surface area contributed by atoms with Crippen molar-refractivity contribution in [2.24, 2.45) is 0 Å². The number of halogens is 1. The Kier molecular flexibility index (Phi) is 4.77. The van der Waals surface area contributed by atoms with Gasteiger partial charge in [0.25, 0.3) is 0 Å². The van der Waals surface area contributed by atoms with E-state index in [0.29, 0.717) is 21.5 Å². The number of hydrogen-bond donors (Lipinski definition) is 2. The van der Waals surface area contributed by atoms with Crippen molar-refractivity contribution in [1.29, 1.82) is 0 Å². The number of carboxylic acids is 1. The summed E-state index contributed by atoms with van der Waals surface area (Å²) in [4.78, 5) is 15.2. The third kappa shape index (κ3) is 3.50. The van der Waals surface area contributed by atoms with Crippen LogP contribution >= 0.6 is 15.9 Å². The molecule has 0 aliphatic carbocycles. The summed E-state index contributed by atoms with van der Waals surface area (Å²) in [6, 6.07) is 6.24. The molecule has 6 nitrogen and oxygen atoms in total. The summed E-state index contributed by atoms with van der Waals surface area (Å²) in [6.45, 7) is -0.131. The molecule has 1 aromatic carbocycles. The highest BCUT2D eigenvalue weighted by molar-refractivity contribution is 9.10. The van der Waals surface area contributed by atoms with Crippen LogP contribution in [-0.2, 0) is 6.61 Å². The van der Waals surface area contributed by atoms with E-state index in [1.807, 2.05) is 0 Å². The molecule has 21 heavy (non-hydrogen) atoms. The lowest BCUT2D eigenvalue weighted by molar-refractivity contribution is 0.0693. The second-order valence-electron chi connectivity index (χ2n) is 4.06. The molecule has 110 valence electrons. The summed E-state index contributed by atoms with van der Waals surface area (Å²) in [5.41, 5.74) is 0.582. The molecule has 0 atom stereocenters. The van der Waals surface area contributed by atoms with E-state index in [1.54, 1.807) is 18.2 Å². The minimum atomic E-state index is -1.15. The lowest BCUT2D eigenvalue weighted by atomic mass is 10.2. The van der Waals surface area contributed by atoms with Crippen molar-refractivity contribution >= 4 is 21.9 Å². The van der Waals surface area contributed by atoms with Gasteiger partial charge in [-0.15, -0.1) is 0 Å². The van der Waals surface area contributed by atoms with Crippen LogP contribution in [0.2, 0.25) is 0 Å². The lowest BCUT2D eigenvalue weighted by Crippen LogP contribution is -2.03. The first kappa shape index (κ1) is 15.3. The molecular formula is C14H12BrNO5. The third-order valence-electron chi connectivity index (χ3n) is 2.67. The molecule has 1 aromatic heterocycles. The second-order valence-corrected chi connectivity index (χ2v) is 4.97. The van der Waals surface area contributed by atoms with Gasteiger partial charge in [0.2, 0.25) is 5.88 Å². The van der Waals surface area contributed by atoms with Crippen molar-refractivity contribution in [2.45, 2.75) is 6.61 Å². The van der Waals surface area contributed by atoms with Crippen molar-refractivity contribution < 1.29 is 24.5 Å². The Bertz CT molecular complexity index is 674. The van der Waals surface area contributed by atoms with E-state index >= 15 is 0 Å². The van der Waals surface area contributed by atoms with Crippen molar-refractivity contribution in [3.63, 3.8) is 0 Å². The SMILES string of the molecule is COc1cc(CO)ccc1Oc1ncc(Br)cc1C(=O)O. The van der Waals surface area contributed by atoms with E-state index in [2.05, 4.69) is 20.9 Å². The molecule has 7 heteroatoms. The normalized spacial score (nSPS) is 10.2. The molecule has 2 aromatic rings. The minimum Gasteiger partial charge on any atom is -0.493 e. The molecule has 1 heterocycles. The van der Waals surface area contributed by atoms with Crippen molar-refractivity contribution in [2.75, 3.05) is 7.11 Å². The van der Waals surface area contributed by atoms with Crippen molar-refractivity contribution in [3.8, 4) is 17.4 Å². The van der Waals surface area contributed by atoms with Gasteiger partial charge in [0.1, 0.15) is 5.56 Å². The van der Waals surface area contributed by atoms with Crippen LogP contribution in [0.3, 0.4) is 0 Å². The third-order valence-corrected chi connectivity index (χ3v) is 3.10. The predicted molar refractivity (Wildman–Crippen MR) is 77.9 cm³/mol. The van der Waals surface area contributed by atoms with E-state index < -0.39 is 5.97 Å².